The Balaban J connectivity index is 2.36. The number of carbonyl (C=O) groups excluding carboxylic acids is 1. The van der Waals surface area contributed by atoms with Gasteiger partial charge < -0.3 is 14.0 Å². The van der Waals surface area contributed by atoms with Gasteiger partial charge in [0.2, 0.25) is 5.88 Å². The predicted octanol–water partition coefficient (Wildman–Crippen LogP) is 4.33. The third kappa shape index (κ3) is 6.10. The molecule has 0 spiro atoms. The number of halogens is 1. The molecule has 27 heavy (non-hydrogen) atoms. The second kappa shape index (κ2) is 9.04. The van der Waals surface area contributed by atoms with E-state index in [0.717, 1.165) is 11.4 Å². The molecule has 0 N–H and O–H groups in total. The van der Waals surface area contributed by atoms with Gasteiger partial charge in [0.25, 0.3) is 0 Å². The van der Waals surface area contributed by atoms with Crippen LogP contribution in [-0.4, -0.2) is 39.1 Å². The normalized spacial score (nSPS) is 12.1. The van der Waals surface area contributed by atoms with E-state index in [2.05, 4.69) is 9.97 Å². The Morgan fingerprint density at radius 2 is 2.07 bits per heavy atom. The molecule has 0 bridgehead atoms. The molecule has 0 aromatic carbocycles. The van der Waals surface area contributed by atoms with E-state index in [0.29, 0.717) is 35.9 Å². The fourth-order valence-corrected chi connectivity index (χ4v) is 2.57. The SMILES string of the molecule is COc1nc(/C=C(\CCCCl)C(=O)OC(C)(C)C)ccc1-n1cnc(C)c1. The number of carbonyl (C=O) groups is 1. The number of ether oxygens (including phenoxy) is 2. The summed E-state index contributed by atoms with van der Waals surface area (Å²) < 4.78 is 12.8. The summed E-state index contributed by atoms with van der Waals surface area (Å²) in [6, 6.07) is 3.71. The van der Waals surface area contributed by atoms with E-state index in [-0.39, 0.29) is 5.97 Å². The molecule has 7 heteroatoms. The molecule has 0 aliphatic rings. The van der Waals surface area contributed by atoms with Crippen molar-refractivity contribution < 1.29 is 14.3 Å². The maximum atomic E-state index is 12.5. The molecule has 0 aliphatic heterocycles. The van der Waals surface area contributed by atoms with Crippen molar-refractivity contribution in [2.24, 2.45) is 0 Å². The van der Waals surface area contributed by atoms with Gasteiger partial charge in [-0.1, -0.05) is 0 Å². The third-order valence-corrected chi connectivity index (χ3v) is 3.88. The van der Waals surface area contributed by atoms with Gasteiger partial charge in [-0.05, 0) is 58.7 Å². The maximum Gasteiger partial charge on any atom is 0.334 e. The van der Waals surface area contributed by atoms with Crippen molar-refractivity contribution in [2.45, 2.75) is 46.1 Å². The molecule has 0 saturated carbocycles. The van der Waals surface area contributed by atoms with E-state index in [1.807, 2.05) is 50.6 Å². The number of aryl methyl sites for hydroxylation is 1. The van der Waals surface area contributed by atoms with Crippen LogP contribution in [0.4, 0.5) is 0 Å². The van der Waals surface area contributed by atoms with Gasteiger partial charge in [0.05, 0.1) is 24.8 Å². The van der Waals surface area contributed by atoms with Crippen molar-refractivity contribution in [3.8, 4) is 11.6 Å². The molecular formula is C20H26ClN3O3. The van der Waals surface area contributed by atoms with Crippen LogP contribution in [0.15, 0.2) is 30.2 Å². The zero-order chi connectivity index (χ0) is 20.0. The number of pyridine rings is 1. The lowest BCUT2D eigenvalue weighted by molar-refractivity contribution is -0.149. The number of esters is 1. The predicted molar refractivity (Wildman–Crippen MR) is 106 cm³/mol. The minimum absolute atomic E-state index is 0.359. The Labute approximate surface area is 165 Å². The van der Waals surface area contributed by atoms with Gasteiger partial charge in [0, 0.05) is 17.6 Å². The largest absolute Gasteiger partial charge is 0.479 e. The molecule has 0 aliphatic carbocycles. The van der Waals surface area contributed by atoms with Crippen molar-refractivity contribution in [3.05, 3.63) is 41.6 Å². The van der Waals surface area contributed by atoms with Crippen LogP contribution >= 0.6 is 11.6 Å². The van der Waals surface area contributed by atoms with Gasteiger partial charge in [-0.2, -0.15) is 0 Å². The van der Waals surface area contributed by atoms with E-state index in [4.69, 9.17) is 21.1 Å². The van der Waals surface area contributed by atoms with Gasteiger partial charge >= 0.3 is 5.97 Å². The number of hydrogen-bond donors (Lipinski definition) is 0. The zero-order valence-corrected chi connectivity index (χ0v) is 17.2. The van der Waals surface area contributed by atoms with Crippen LogP contribution in [-0.2, 0) is 9.53 Å². The third-order valence-electron chi connectivity index (χ3n) is 3.61. The Hall–Kier alpha value is -2.34. The summed E-state index contributed by atoms with van der Waals surface area (Å²) >= 11 is 5.80. The number of hydrogen-bond acceptors (Lipinski definition) is 5. The van der Waals surface area contributed by atoms with Crippen molar-refractivity contribution in [1.82, 2.24) is 14.5 Å². The lowest BCUT2D eigenvalue weighted by atomic mass is 10.1. The Bertz CT molecular complexity index is 822. The summed E-state index contributed by atoms with van der Waals surface area (Å²) in [6.07, 6.45) is 6.52. The first-order valence-corrected chi connectivity index (χ1v) is 9.33. The van der Waals surface area contributed by atoms with Gasteiger partial charge in [0.1, 0.15) is 11.3 Å². The smallest absolute Gasteiger partial charge is 0.334 e. The summed E-state index contributed by atoms with van der Waals surface area (Å²) in [7, 11) is 1.56. The van der Waals surface area contributed by atoms with Crippen molar-refractivity contribution in [2.75, 3.05) is 13.0 Å². The lowest BCUT2D eigenvalue weighted by Gasteiger charge is -2.20. The van der Waals surface area contributed by atoms with E-state index < -0.39 is 5.60 Å². The molecule has 0 fully saturated rings. The van der Waals surface area contributed by atoms with Crippen molar-refractivity contribution >= 4 is 23.6 Å². The van der Waals surface area contributed by atoms with Crippen LogP contribution in [0.3, 0.4) is 0 Å². The molecular weight excluding hydrogens is 366 g/mol. The molecule has 6 nitrogen and oxygen atoms in total. The molecule has 2 rings (SSSR count). The highest BCUT2D eigenvalue weighted by molar-refractivity contribution is 6.17. The summed E-state index contributed by atoms with van der Waals surface area (Å²) in [5, 5.41) is 0. The maximum absolute atomic E-state index is 12.5. The molecule has 146 valence electrons. The molecule has 0 unspecified atom stereocenters. The first kappa shape index (κ1) is 21.0. The van der Waals surface area contributed by atoms with E-state index in [1.54, 1.807) is 19.5 Å². The van der Waals surface area contributed by atoms with Gasteiger partial charge in [-0.3, -0.25) is 0 Å². The standard InChI is InChI=1S/C20H26ClN3O3/c1-14-12-24(13-22-14)17-9-8-16(23-18(17)26-5)11-15(7-6-10-21)19(25)27-20(2,3)4/h8-9,11-13H,6-7,10H2,1-5H3/b15-11+. The van der Waals surface area contributed by atoms with Gasteiger partial charge in [0.15, 0.2) is 0 Å². The average Bonchev–Trinajstić information content (AvgIpc) is 3.03. The highest BCUT2D eigenvalue weighted by Crippen LogP contribution is 2.23. The Morgan fingerprint density at radius 1 is 1.33 bits per heavy atom. The van der Waals surface area contributed by atoms with E-state index in [1.165, 1.54) is 0 Å². The summed E-state index contributed by atoms with van der Waals surface area (Å²) in [4.78, 5) is 21.2. The van der Waals surface area contributed by atoms with Gasteiger partial charge in [-0.15, -0.1) is 11.6 Å². The zero-order valence-electron chi connectivity index (χ0n) is 16.5. The summed E-state index contributed by atoms with van der Waals surface area (Å²) in [6.45, 7) is 7.44. The fraction of sp³-hybridized carbons (Fsp3) is 0.450. The second-order valence-electron chi connectivity index (χ2n) is 7.15. The molecule has 0 radical (unpaired) electrons. The van der Waals surface area contributed by atoms with Crippen LogP contribution in [0.25, 0.3) is 11.8 Å². The molecule has 0 saturated heterocycles. The Morgan fingerprint density at radius 3 is 2.63 bits per heavy atom. The van der Waals surface area contributed by atoms with E-state index in [9.17, 15) is 4.79 Å². The quantitative estimate of drug-likeness (QED) is 0.399. The summed E-state index contributed by atoms with van der Waals surface area (Å²) in [5.74, 6) is 0.556. The molecule has 0 amide bonds. The van der Waals surface area contributed by atoms with Crippen LogP contribution < -0.4 is 4.74 Å². The second-order valence-corrected chi connectivity index (χ2v) is 7.53. The number of imidazole rings is 1. The van der Waals surface area contributed by atoms with Crippen molar-refractivity contribution in [3.63, 3.8) is 0 Å². The highest BCUT2D eigenvalue weighted by Gasteiger charge is 2.20. The fourth-order valence-electron chi connectivity index (χ4n) is 2.44. The monoisotopic (exact) mass is 391 g/mol. The summed E-state index contributed by atoms with van der Waals surface area (Å²) in [5.41, 5.74) is 2.25. The Kier molecular flexibility index (Phi) is 7.02. The minimum atomic E-state index is -0.564. The van der Waals surface area contributed by atoms with Crippen LogP contribution in [0, 0.1) is 6.92 Å². The first-order chi connectivity index (χ1) is 12.7. The number of aromatic nitrogens is 3. The number of methoxy groups -OCH3 is 1. The van der Waals surface area contributed by atoms with E-state index >= 15 is 0 Å². The highest BCUT2D eigenvalue weighted by atomic mass is 35.5. The molecule has 0 atom stereocenters. The average molecular weight is 392 g/mol. The van der Waals surface area contributed by atoms with Crippen molar-refractivity contribution in [1.29, 1.82) is 0 Å². The number of nitrogens with zero attached hydrogens (tertiary/aromatic N) is 3. The van der Waals surface area contributed by atoms with Crippen LogP contribution in [0.2, 0.25) is 0 Å². The minimum Gasteiger partial charge on any atom is -0.479 e. The molecule has 2 heterocycles. The van der Waals surface area contributed by atoms with Crippen LogP contribution in [0.5, 0.6) is 5.88 Å². The van der Waals surface area contributed by atoms with Gasteiger partial charge in [-0.25, -0.2) is 14.8 Å². The molecule has 2 aromatic rings. The first-order valence-electron chi connectivity index (χ1n) is 8.79. The number of rotatable bonds is 7. The lowest BCUT2D eigenvalue weighted by Crippen LogP contribution is -2.25. The molecule has 2 aromatic heterocycles. The van der Waals surface area contributed by atoms with Crippen LogP contribution in [0.1, 0.15) is 45.0 Å². The number of alkyl halides is 1. The topological polar surface area (TPSA) is 66.2 Å².